The number of ether oxygens (including phenoxy) is 1. The zero-order chi connectivity index (χ0) is 10.9. The van der Waals surface area contributed by atoms with Gasteiger partial charge in [0.15, 0.2) is 0 Å². The fourth-order valence-electron chi connectivity index (χ4n) is 1.09. The molecule has 3 heteroatoms. The molecule has 1 aromatic carbocycles. The third-order valence-electron chi connectivity index (χ3n) is 1.80. The summed E-state index contributed by atoms with van der Waals surface area (Å²) in [4.78, 5) is 4.04. The molecule has 0 aliphatic rings. The zero-order valence-electron chi connectivity index (χ0n) is 8.76. The molecule has 0 aliphatic carbocycles. The van der Waals surface area contributed by atoms with Crippen LogP contribution in [0.2, 0.25) is 0 Å². The second-order valence-electron chi connectivity index (χ2n) is 2.90. The third kappa shape index (κ3) is 3.95. The number of rotatable bonds is 4. The molecule has 15 heavy (non-hydrogen) atoms. The van der Waals surface area contributed by atoms with Crippen LogP contribution in [-0.2, 0) is 4.74 Å². The summed E-state index contributed by atoms with van der Waals surface area (Å²) in [5, 5.41) is 8.57. The van der Waals surface area contributed by atoms with E-state index in [0.717, 1.165) is 5.56 Å². The Morgan fingerprint density at radius 1 is 1.40 bits per heavy atom. The van der Waals surface area contributed by atoms with Crippen LogP contribution in [0.1, 0.15) is 12.0 Å². The average molecular weight is 205 g/mol. The number of benzene rings is 1. The molecule has 3 nitrogen and oxygen atoms in total. The van der Waals surface area contributed by atoms with Crippen molar-refractivity contribution in [3.63, 3.8) is 0 Å². The van der Waals surface area contributed by atoms with Gasteiger partial charge in [-0.2, -0.15) is 0 Å². The molecule has 0 atom stereocenters. The van der Waals surface area contributed by atoms with Gasteiger partial charge >= 0.3 is 0 Å². The summed E-state index contributed by atoms with van der Waals surface area (Å²) in [5.41, 5.74) is 0.939. The van der Waals surface area contributed by atoms with Gasteiger partial charge in [0.05, 0.1) is 6.26 Å². The molecule has 0 aromatic heterocycles. The number of hydrogen-bond donors (Lipinski definition) is 1. The highest BCUT2D eigenvalue weighted by atomic mass is 16.5. The van der Waals surface area contributed by atoms with E-state index in [4.69, 9.17) is 9.84 Å². The monoisotopic (exact) mass is 205 g/mol. The van der Waals surface area contributed by atoms with E-state index in [1.54, 1.807) is 19.4 Å². The van der Waals surface area contributed by atoms with E-state index >= 15 is 0 Å². The molecule has 0 radical (unpaired) electrons. The minimum atomic E-state index is 0.129. The lowest BCUT2D eigenvalue weighted by atomic mass is 10.2. The Kier molecular flexibility index (Phi) is 5.19. The zero-order valence-corrected chi connectivity index (χ0v) is 8.76. The van der Waals surface area contributed by atoms with Crippen LogP contribution < -0.4 is 0 Å². The van der Waals surface area contributed by atoms with Crippen molar-refractivity contribution in [1.29, 1.82) is 0 Å². The van der Waals surface area contributed by atoms with Crippen molar-refractivity contribution < 1.29 is 9.84 Å². The summed E-state index contributed by atoms with van der Waals surface area (Å²) >= 11 is 0. The summed E-state index contributed by atoms with van der Waals surface area (Å²) in [7, 11) is 1.68. The van der Waals surface area contributed by atoms with E-state index in [-0.39, 0.29) is 6.61 Å². The molecule has 1 N–H and O–H groups in total. The van der Waals surface area contributed by atoms with Crippen LogP contribution in [0.25, 0.3) is 0 Å². The molecule has 0 saturated carbocycles. The molecular formula is C12H15NO2. The quantitative estimate of drug-likeness (QED) is 0.464. The highest BCUT2D eigenvalue weighted by Gasteiger charge is 1.99. The van der Waals surface area contributed by atoms with E-state index in [2.05, 4.69) is 4.99 Å². The van der Waals surface area contributed by atoms with Crippen LogP contribution in [0, 0.1) is 0 Å². The predicted octanol–water partition coefficient (Wildman–Crippen LogP) is 1.98. The van der Waals surface area contributed by atoms with Gasteiger partial charge in [-0.05, 0) is 24.6 Å². The van der Waals surface area contributed by atoms with Crippen LogP contribution in [0.3, 0.4) is 0 Å². The van der Waals surface area contributed by atoms with E-state index in [1.165, 1.54) is 0 Å². The van der Waals surface area contributed by atoms with Gasteiger partial charge in [0.25, 0.3) is 0 Å². The molecular weight excluding hydrogens is 190 g/mol. The first-order chi connectivity index (χ1) is 7.38. The van der Waals surface area contributed by atoms with Gasteiger partial charge in [-0.25, -0.2) is 0 Å². The molecule has 0 aliphatic heterocycles. The van der Waals surface area contributed by atoms with E-state index in [0.29, 0.717) is 12.3 Å². The van der Waals surface area contributed by atoms with Gasteiger partial charge in [-0.3, -0.25) is 4.99 Å². The standard InChI is InChI=1S/C12H15NO2/c1-13-12(15-10-6-5-9-14)11-7-3-2-4-8-11/h2-4,6-8,10,14H,5,9H2,1H3/b10-6+,13-12?. The minimum Gasteiger partial charge on any atom is -0.447 e. The Labute approximate surface area is 89.7 Å². The maximum absolute atomic E-state index is 8.57. The van der Waals surface area contributed by atoms with E-state index in [1.807, 2.05) is 30.3 Å². The van der Waals surface area contributed by atoms with Gasteiger partial charge in [-0.1, -0.05) is 18.2 Å². The van der Waals surface area contributed by atoms with Crippen LogP contribution in [0.4, 0.5) is 0 Å². The maximum atomic E-state index is 8.57. The summed E-state index contributed by atoms with van der Waals surface area (Å²) in [6, 6.07) is 9.67. The van der Waals surface area contributed by atoms with Gasteiger partial charge in [-0.15, -0.1) is 0 Å². The SMILES string of the molecule is CN=C(O/C=C/CCO)c1ccccc1. The van der Waals surface area contributed by atoms with Gasteiger partial charge in [0.1, 0.15) is 0 Å². The van der Waals surface area contributed by atoms with Gasteiger partial charge in [0.2, 0.25) is 5.90 Å². The molecule has 80 valence electrons. The average Bonchev–Trinajstić information content (AvgIpc) is 2.30. The van der Waals surface area contributed by atoms with Crippen LogP contribution in [-0.4, -0.2) is 24.7 Å². The first kappa shape index (κ1) is 11.5. The number of aliphatic hydroxyl groups is 1. The summed E-state index contributed by atoms with van der Waals surface area (Å²) in [6.45, 7) is 0.129. The molecule has 0 unspecified atom stereocenters. The van der Waals surface area contributed by atoms with Crippen molar-refractivity contribution >= 4 is 5.90 Å². The Bertz CT molecular complexity index is 331. The van der Waals surface area contributed by atoms with Crippen LogP contribution in [0.5, 0.6) is 0 Å². The maximum Gasteiger partial charge on any atom is 0.220 e. The molecule has 0 fully saturated rings. The first-order valence-corrected chi connectivity index (χ1v) is 4.83. The largest absolute Gasteiger partial charge is 0.447 e. The second-order valence-corrected chi connectivity index (χ2v) is 2.90. The molecule has 1 rings (SSSR count). The molecule has 1 aromatic rings. The van der Waals surface area contributed by atoms with Crippen molar-refractivity contribution in [3.8, 4) is 0 Å². The van der Waals surface area contributed by atoms with Crippen molar-refractivity contribution in [1.82, 2.24) is 0 Å². The summed E-state index contributed by atoms with van der Waals surface area (Å²) in [6.07, 6.45) is 3.89. The van der Waals surface area contributed by atoms with Gasteiger partial charge in [0, 0.05) is 19.2 Å². The summed E-state index contributed by atoms with van der Waals surface area (Å²) in [5.74, 6) is 0.574. The number of hydrogen-bond acceptors (Lipinski definition) is 3. The van der Waals surface area contributed by atoms with Crippen molar-refractivity contribution in [2.45, 2.75) is 6.42 Å². The summed E-state index contributed by atoms with van der Waals surface area (Å²) < 4.78 is 5.34. The highest BCUT2D eigenvalue weighted by molar-refractivity contribution is 5.94. The highest BCUT2D eigenvalue weighted by Crippen LogP contribution is 2.02. The third-order valence-corrected chi connectivity index (χ3v) is 1.80. The molecule has 0 amide bonds. The minimum absolute atomic E-state index is 0.129. The molecule has 0 bridgehead atoms. The Hall–Kier alpha value is -1.61. The van der Waals surface area contributed by atoms with E-state index in [9.17, 15) is 0 Å². The lowest BCUT2D eigenvalue weighted by molar-refractivity contribution is 0.301. The normalized spacial score (nSPS) is 12.0. The lowest BCUT2D eigenvalue weighted by Gasteiger charge is -2.03. The lowest BCUT2D eigenvalue weighted by Crippen LogP contribution is -2.02. The van der Waals surface area contributed by atoms with E-state index < -0.39 is 0 Å². The van der Waals surface area contributed by atoms with Crippen molar-refractivity contribution in [3.05, 3.63) is 48.2 Å². The first-order valence-electron chi connectivity index (χ1n) is 4.83. The predicted molar refractivity (Wildman–Crippen MR) is 60.8 cm³/mol. The van der Waals surface area contributed by atoms with Crippen LogP contribution >= 0.6 is 0 Å². The Balaban J connectivity index is 2.59. The fourth-order valence-corrected chi connectivity index (χ4v) is 1.09. The smallest absolute Gasteiger partial charge is 0.220 e. The topological polar surface area (TPSA) is 41.8 Å². The number of nitrogens with zero attached hydrogens (tertiary/aromatic N) is 1. The van der Waals surface area contributed by atoms with Crippen molar-refractivity contribution in [2.24, 2.45) is 4.99 Å². The molecule has 0 spiro atoms. The number of aliphatic imine (C=N–C) groups is 1. The van der Waals surface area contributed by atoms with Crippen molar-refractivity contribution in [2.75, 3.05) is 13.7 Å². The van der Waals surface area contributed by atoms with Gasteiger partial charge < -0.3 is 9.84 Å². The van der Waals surface area contributed by atoms with Crippen LogP contribution in [0.15, 0.2) is 47.7 Å². The fraction of sp³-hybridized carbons (Fsp3) is 0.250. The molecule has 0 heterocycles. The second kappa shape index (κ2) is 6.79. The number of aliphatic hydroxyl groups excluding tert-OH is 1. The Morgan fingerprint density at radius 3 is 2.73 bits per heavy atom. The Morgan fingerprint density at radius 2 is 2.13 bits per heavy atom. The molecule has 0 saturated heterocycles.